The zero-order chi connectivity index (χ0) is 20.6. The van der Waals surface area contributed by atoms with Gasteiger partial charge in [-0.25, -0.2) is 8.42 Å². The van der Waals surface area contributed by atoms with Gasteiger partial charge >= 0.3 is 19.6 Å². The summed E-state index contributed by atoms with van der Waals surface area (Å²) in [5.41, 5.74) is -1.69. The Labute approximate surface area is 149 Å². The fourth-order valence-corrected chi connectivity index (χ4v) is 4.94. The molecule has 2 aliphatic carbocycles. The number of sulfone groups is 1. The highest BCUT2D eigenvalue weighted by molar-refractivity contribution is 7.94. The molecule has 2 atom stereocenters. The van der Waals surface area contributed by atoms with Crippen LogP contribution in [0.4, 0.5) is 0 Å². The molecule has 0 aromatic rings. The molecule has 27 heavy (non-hydrogen) atoms. The van der Waals surface area contributed by atoms with Crippen molar-refractivity contribution >= 4 is 9.84 Å². The third-order valence-corrected chi connectivity index (χ3v) is 6.90. The molecule has 0 heterocycles. The summed E-state index contributed by atoms with van der Waals surface area (Å²) in [5, 5.41) is 45.2. The van der Waals surface area contributed by atoms with Gasteiger partial charge in [-0.1, -0.05) is 12.2 Å². The van der Waals surface area contributed by atoms with Crippen LogP contribution in [0.15, 0.2) is 47.9 Å². The molecular formula is C12H10N4O10S. The van der Waals surface area contributed by atoms with Gasteiger partial charge in [-0.05, 0) is 0 Å². The van der Waals surface area contributed by atoms with Crippen LogP contribution in [0.5, 0.6) is 0 Å². The lowest BCUT2D eigenvalue weighted by Gasteiger charge is -2.29. The topological polar surface area (TPSA) is 207 Å². The van der Waals surface area contributed by atoms with Crippen LogP contribution in [-0.4, -0.2) is 37.9 Å². The quantitative estimate of drug-likeness (QED) is 0.446. The van der Waals surface area contributed by atoms with Crippen LogP contribution in [-0.2, 0) is 9.84 Å². The molecule has 0 saturated carbocycles. The fraction of sp³-hybridized carbons (Fsp3) is 0.333. The molecule has 0 aromatic carbocycles. The van der Waals surface area contributed by atoms with Gasteiger partial charge in [0, 0.05) is 34.2 Å². The average Bonchev–Trinajstić information content (AvgIpc) is 2.60. The molecule has 2 aliphatic rings. The predicted molar refractivity (Wildman–Crippen MR) is 86.0 cm³/mol. The Morgan fingerprint density at radius 2 is 1.07 bits per heavy atom. The van der Waals surface area contributed by atoms with Crippen molar-refractivity contribution in [2.75, 3.05) is 0 Å². The summed E-state index contributed by atoms with van der Waals surface area (Å²) in [6, 6.07) is 0. The molecule has 15 heteroatoms. The maximum absolute atomic E-state index is 13.1. The Morgan fingerprint density at radius 3 is 1.33 bits per heavy atom. The first-order chi connectivity index (χ1) is 12.4. The van der Waals surface area contributed by atoms with Gasteiger partial charge in [0.1, 0.15) is 12.8 Å². The number of rotatable bonds is 6. The van der Waals surface area contributed by atoms with Crippen LogP contribution in [0, 0.1) is 40.5 Å². The van der Waals surface area contributed by atoms with E-state index in [9.17, 15) is 48.9 Å². The van der Waals surface area contributed by atoms with E-state index in [4.69, 9.17) is 0 Å². The lowest BCUT2D eigenvalue weighted by Crippen LogP contribution is -2.59. The van der Waals surface area contributed by atoms with Crippen molar-refractivity contribution in [2.45, 2.75) is 22.6 Å². The molecule has 0 spiro atoms. The van der Waals surface area contributed by atoms with E-state index < -0.39 is 63.5 Å². The zero-order valence-corrected chi connectivity index (χ0v) is 14.0. The van der Waals surface area contributed by atoms with E-state index >= 15 is 0 Å². The van der Waals surface area contributed by atoms with Crippen LogP contribution in [0.2, 0.25) is 0 Å². The van der Waals surface area contributed by atoms with Crippen LogP contribution in [0.3, 0.4) is 0 Å². The third kappa shape index (κ3) is 2.77. The minimum atomic E-state index is -5.50. The van der Waals surface area contributed by atoms with E-state index in [1.54, 1.807) is 0 Å². The van der Waals surface area contributed by atoms with Crippen molar-refractivity contribution in [2.24, 2.45) is 0 Å². The second-order valence-electron chi connectivity index (χ2n) is 5.61. The molecule has 0 N–H and O–H groups in total. The fourth-order valence-electron chi connectivity index (χ4n) is 2.75. The Kier molecular flexibility index (Phi) is 4.66. The Morgan fingerprint density at radius 1 is 0.741 bits per heavy atom. The number of nitro groups is 4. The number of allylic oxidation sites excluding steroid dienone is 4. The Hall–Kier alpha value is -3.49. The highest BCUT2D eigenvalue weighted by Gasteiger charge is 2.72. The van der Waals surface area contributed by atoms with Gasteiger partial charge in [-0.2, -0.15) is 0 Å². The van der Waals surface area contributed by atoms with Gasteiger partial charge < -0.3 is 0 Å². The van der Waals surface area contributed by atoms with Crippen LogP contribution >= 0.6 is 0 Å². The molecule has 2 rings (SSSR count). The molecular weight excluding hydrogens is 392 g/mol. The summed E-state index contributed by atoms with van der Waals surface area (Å²) in [5.74, 6) is 0. The van der Waals surface area contributed by atoms with Crippen molar-refractivity contribution in [3.05, 3.63) is 88.3 Å². The number of hydrogen-bond donors (Lipinski definition) is 0. The Bertz CT molecular complexity index is 906. The van der Waals surface area contributed by atoms with Crippen molar-refractivity contribution in [3.63, 3.8) is 0 Å². The van der Waals surface area contributed by atoms with Crippen LogP contribution in [0.25, 0.3) is 0 Å². The summed E-state index contributed by atoms with van der Waals surface area (Å²) in [6.07, 6.45) is 1.60. The minimum absolute atomic E-state index is 0.499. The first kappa shape index (κ1) is 19.8. The molecule has 0 amide bonds. The highest BCUT2D eigenvalue weighted by atomic mass is 32.2. The minimum Gasteiger partial charge on any atom is -0.263 e. The smallest absolute Gasteiger partial charge is 0.263 e. The monoisotopic (exact) mass is 402 g/mol. The molecule has 0 fully saturated rings. The van der Waals surface area contributed by atoms with Crippen molar-refractivity contribution in [1.82, 2.24) is 0 Å². The Balaban J connectivity index is 2.73. The highest BCUT2D eigenvalue weighted by Crippen LogP contribution is 2.43. The van der Waals surface area contributed by atoms with Gasteiger partial charge in [-0.3, -0.25) is 40.5 Å². The first-order valence-corrected chi connectivity index (χ1v) is 8.48. The maximum Gasteiger partial charge on any atom is 0.355 e. The molecule has 144 valence electrons. The number of hydrogen-bond acceptors (Lipinski definition) is 10. The molecule has 0 radical (unpaired) electrons. The van der Waals surface area contributed by atoms with Crippen molar-refractivity contribution < 1.29 is 28.1 Å². The molecule has 0 aromatic heterocycles. The van der Waals surface area contributed by atoms with E-state index in [1.807, 2.05) is 0 Å². The average molecular weight is 402 g/mol. The molecule has 0 aliphatic heterocycles. The lowest BCUT2D eigenvalue weighted by atomic mass is 10.1. The van der Waals surface area contributed by atoms with E-state index in [2.05, 4.69) is 0 Å². The third-order valence-electron chi connectivity index (χ3n) is 4.18. The van der Waals surface area contributed by atoms with Crippen molar-refractivity contribution in [1.29, 1.82) is 0 Å². The van der Waals surface area contributed by atoms with Gasteiger partial charge in [0.2, 0.25) is 0 Å². The molecule has 0 saturated heterocycles. The van der Waals surface area contributed by atoms with Gasteiger partial charge in [0.25, 0.3) is 11.4 Å². The molecule has 14 nitrogen and oxygen atoms in total. The van der Waals surface area contributed by atoms with Gasteiger partial charge in [-0.15, -0.1) is 0 Å². The summed E-state index contributed by atoms with van der Waals surface area (Å²) in [7, 11) is -5.50. The van der Waals surface area contributed by atoms with E-state index in [-0.39, 0.29) is 0 Å². The molecule has 0 bridgehead atoms. The van der Waals surface area contributed by atoms with E-state index in [1.165, 1.54) is 0 Å². The summed E-state index contributed by atoms with van der Waals surface area (Å²) in [6.45, 7) is 0. The van der Waals surface area contributed by atoms with Crippen LogP contribution < -0.4 is 0 Å². The predicted octanol–water partition coefficient (Wildman–Crippen LogP) is 0.588. The number of nitrogens with zero attached hydrogens (tertiary/aromatic N) is 4. The van der Waals surface area contributed by atoms with Crippen LogP contribution in [0.1, 0.15) is 12.8 Å². The lowest BCUT2D eigenvalue weighted by molar-refractivity contribution is -0.550. The SMILES string of the molecule is O=[N+]([O-])C1=CC=CC([N+](=O)[O-])(S(=O)(=O)C2([N+](=O)[O-])C=CC=C([N+](=O)[O-])C2)C1. The maximum atomic E-state index is 13.1. The standard InChI is InChI=1S/C12H10N4O10S/c17-13(18)9-3-1-5-11(7-9,15(21)22)27(25,26)12(16(23)24)6-2-4-10(8-12)14(19)20/h1-6H,7-8H2. The largest absolute Gasteiger partial charge is 0.355 e. The molecule has 2 unspecified atom stereocenters. The van der Waals surface area contributed by atoms with Gasteiger partial charge in [0.05, 0.1) is 9.85 Å². The first-order valence-electron chi connectivity index (χ1n) is 7.00. The van der Waals surface area contributed by atoms with Gasteiger partial charge in [0.15, 0.2) is 0 Å². The van der Waals surface area contributed by atoms with Crippen molar-refractivity contribution in [3.8, 4) is 0 Å². The summed E-state index contributed by atoms with van der Waals surface area (Å²) in [4.78, 5) is 33.9. The van der Waals surface area contributed by atoms with E-state index in [0.29, 0.717) is 12.2 Å². The zero-order valence-electron chi connectivity index (χ0n) is 13.2. The summed E-state index contributed by atoms with van der Waals surface area (Å²) < 4.78 is 26.2. The normalized spacial score (nSPS) is 27.4. The summed E-state index contributed by atoms with van der Waals surface area (Å²) >= 11 is 0. The van der Waals surface area contributed by atoms with E-state index in [0.717, 1.165) is 24.3 Å². The second kappa shape index (κ2) is 6.35. The second-order valence-corrected chi connectivity index (χ2v) is 8.03.